The van der Waals surface area contributed by atoms with Crippen molar-refractivity contribution < 1.29 is 9.26 Å². The minimum Gasteiger partial charge on any atom is -0.378 e. The number of rotatable bonds is 6. The van der Waals surface area contributed by atoms with Gasteiger partial charge in [-0.3, -0.25) is 0 Å². The zero-order valence-corrected chi connectivity index (χ0v) is 12.2. The highest BCUT2D eigenvalue weighted by atomic mass is 16.5. The highest BCUT2D eigenvalue weighted by molar-refractivity contribution is 5.01. The van der Waals surface area contributed by atoms with Crippen LogP contribution in [0.15, 0.2) is 4.52 Å². The highest BCUT2D eigenvalue weighted by Gasteiger charge is 2.39. The molecule has 2 aliphatic rings. The lowest BCUT2D eigenvalue weighted by Gasteiger charge is -2.39. The molecular weight excluding hydrogens is 256 g/mol. The van der Waals surface area contributed by atoms with Crippen LogP contribution in [-0.2, 0) is 11.2 Å². The van der Waals surface area contributed by atoms with Gasteiger partial charge >= 0.3 is 0 Å². The standard InChI is InChI=1S/C14H24N4O2/c1-19-14(5-4-6-14)9-12-16-13(17-20-12)11(15)10-18-7-2-3-8-18/h11H,2-10,15H2,1H3. The molecule has 2 N–H and O–H groups in total. The maximum atomic E-state index is 6.17. The Morgan fingerprint density at radius 1 is 1.35 bits per heavy atom. The first-order valence-corrected chi connectivity index (χ1v) is 7.56. The van der Waals surface area contributed by atoms with Gasteiger partial charge in [0.2, 0.25) is 5.89 Å². The van der Waals surface area contributed by atoms with Gasteiger partial charge in [-0.25, -0.2) is 0 Å². The Bertz CT molecular complexity index is 433. The molecule has 0 bridgehead atoms. The highest BCUT2D eigenvalue weighted by Crippen LogP contribution is 2.37. The van der Waals surface area contributed by atoms with Crippen molar-refractivity contribution in [1.82, 2.24) is 15.0 Å². The molecule has 1 aromatic heterocycles. The summed E-state index contributed by atoms with van der Waals surface area (Å²) in [7, 11) is 1.76. The van der Waals surface area contributed by atoms with E-state index in [4.69, 9.17) is 15.0 Å². The van der Waals surface area contributed by atoms with Gasteiger partial charge in [-0.1, -0.05) is 5.16 Å². The summed E-state index contributed by atoms with van der Waals surface area (Å²) >= 11 is 0. The maximum Gasteiger partial charge on any atom is 0.229 e. The van der Waals surface area contributed by atoms with Crippen LogP contribution in [0, 0.1) is 0 Å². The molecule has 1 aliphatic carbocycles. The summed E-state index contributed by atoms with van der Waals surface area (Å²) in [4.78, 5) is 6.82. The fraction of sp³-hybridized carbons (Fsp3) is 0.857. The second-order valence-corrected chi connectivity index (χ2v) is 6.08. The lowest BCUT2D eigenvalue weighted by molar-refractivity contribution is -0.0751. The van der Waals surface area contributed by atoms with Crippen molar-refractivity contribution >= 4 is 0 Å². The van der Waals surface area contributed by atoms with Gasteiger partial charge in [0.15, 0.2) is 5.82 Å². The fourth-order valence-corrected chi connectivity index (χ4v) is 3.12. The molecule has 1 aromatic rings. The van der Waals surface area contributed by atoms with E-state index in [1.807, 2.05) is 0 Å². The minimum absolute atomic E-state index is 0.0805. The second kappa shape index (κ2) is 5.79. The van der Waals surface area contributed by atoms with E-state index in [0.29, 0.717) is 18.1 Å². The Labute approximate surface area is 119 Å². The molecular formula is C14H24N4O2. The Balaban J connectivity index is 1.58. The van der Waals surface area contributed by atoms with E-state index in [1.54, 1.807) is 7.11 Å². The van der Waals surface area contributed by atoms with Crippen LogP contribution in [0.25, 0.3) is 0 Å². The number of hydrogen-bond donors (Lipinski definition) is 1. The predicted molar refractivity (Wildman–Crippen MR) is 74.2 cm³/mol. The molecule has 20 heavy (non-hydrogen) atoms. The molecule has 1 saturated heterocycles. The zero-order chi connectivity index (χ0) is 14.0. The number of ether oxygens (including phenoxy) is 1. The van der Waals surface area contributed by atoms with Gasteiger partial charge in [-0.2, -0.15) is 4.98 Å². The molecule has 1 unspecified atom stereocenters. The topological polar surface area (TPSA) is 77.4 Å². The van der Waals surface area contributed by atoms with Gasteiger partial charge in [0, 0.05) is 13.7 Å². The van der Waals surface area contributed by atoms with Crippen LogP contribution in [0.1, 0.15) is 49.9 Å². The molecule has 0 spiro atoms. The molecule has 1 saturated carbocycles. The smallest absolute Gasteiger partial charge is 0.229 e. The van der Waals surface area contributed by atoms with Crippen molar-refractivity contribution in [2.24, 2.45) is 5.73 Å². The van der Waals surface area contributed by atoms with Crippen LogP contribution in [-0.4, -0.2) is 47.4 Å². The molecule has 0 radical (unpaired) electrons. The molecule has 6 nitrogen and oxygen atoms in total. The van der Waals surface area contributed by atoms with Gasteiger partial charge in [-0.15, -0.1) is 0 Å². The minimum atomic E-state index is -0.162. The second-order valence-electron chi connectivity index (χ2n) is 6.08. The lowest BCUT2D eigenvalue weighted by atomic mass is 9.77. The summed E-state index contributed by atoms with van der Waals surface area (Å²) < 4.78 is 10.9. The first-order chi connectivity index (χ1) is 9.71. The number of aromatic nitrogens is 2. The van der Waals surface area contributed by atoms with Gasteiger partial charge < -0.3 is 19.9 Å². The third-order valence-electron chi connectivity index (χ3n) is 4.64. The summed E-state index contributed by atoms with van der Waals surface area (Å²) in [5.74, 6) is 1.27. The number of nitrogens with two attached hydrogens (primary N) is 1. The molecule has 0 amide bonds. The van der Waals surface area contributed by atoms with E-state index < -0.39 is 0 Å². The summed E-state index contributed by atoms with van der Waals surface area (Å²) in [5.41, 5.74) is 6.09. The average Bonchev–Trinajstić information content (AvgIpc) is 3.04. The Hall–Kier alpha value is -0.980. The van der Waals surface area contributed by atoms with Gasteiger partial charge in [-0.05, 0) is 45.2 Å². The third-order valence-corrected chi connectivity index (χ3v) is 4.64. The normalized spacial score (nSPS) is 23.7. The largest absolute Gasteiger partial charge is 0.378 e. The Kier molecular flexibility index (Phi) is 4.05. The SMILES string of the molecule is COC1(Cc2nc(C(N)CN3CCCC3)no2)CCC1. The van der Waals surface area contributed by atoms with Crippen molar-refractivity contribution in [2.45, 2.75) is 50.2 Å². The number of likely N-dealkylation sites (tertiary alicyclic amines) is 1. The van der Waals surface area contributed by atoms with Crippen molar-refractivity contribution in [1.29, 1.82) is 0 Å². The quantitative estimate of drug-likeness (QED) is 0.845. The molecule has 2 fully saturated rings. The van der Waals surface area contributed by atoms with Gasteiger partial charge in [0.25, 0.3) is 0 Å². The van der Waals surface area contributed by atoms with E-state index in [1.165, 1.54) is 19.3 Å². The van der Waals surface area contributed by atoms with Crippen LogP contribution in [0.2, 0.25) is 0 Å². The van der Waals surface area contributed by atoms with E-state index in [0.717, 1.165) is 32.5 Å². The zero-order valence-electron chi connectivity index (χ0n) is 12.2. The first-order valence-electron chi connectivity index (χ1n) is 7.56. The number of methoxy groups -OCH3 is 1. The van der Waals surface area contributed by atoms with Gasteiger partial charge in [0.05, 0.1) is 18.1 Å². The number of hydrogen-bond acceptors (Lipinski definition) is 6. The average molecular weight is 280 g/mol. The Morgan fingerprint density at radius 2 is 2.10 bits per heavy atom. The van der Waals surface area contributed by atoms with Crippen molar-refractivity contribution in [3.8, 4) is 0 Å². The van der Waals surface area contributed by atoms with Crippen LogP contribution >= 0.6 is 0 Å². The molecule has 2 heterocycles. The van der Waals surface area contributed by atoms with Crippen LogP contribution < -0.4 is 5.73 Å². The predicted octanol–water partition coefficient (Wildman–Crippen LogP) is 1.28. The van der Waals surface area contributed by atoms with Crippen LogP contribution in [0.3, 0.4) is 0 Å². The third kappa shape index (κ3) is 2.87. The summed E-state index contributed by atoms with van der Waals surface area (Å²) in [6.45, 7) is 3.07. The summed E-state index contributed by atoms with van der Waals surface area (Å²) in [6, 6.07) is -0.162. The van der Waals surface area contributed by atoms with E-state index in [-0.39, 0.29) is 11.6 Å². The monoisotopic (exact) mass is 280 g/mol. The van der Waals surface area contributed by atoms with E-state index >= 15 is 0 Å². The van der Waals surface area contributed by atoms with Crippen molar-refractivity contribution in [3.63, 3.8) is 0 Å². The van der Waals surface area contributed by atoms with Crippen LogP contribution in [0.4, 0.5) is 0 Å². The molecule has 1 aliphatic heterocycles. The first kappa shape index (κ1) is 14.0. The fourth-order valence-electron chi connectivity index (χ4n) is 3.12. The summed E-state index contributed by atoms with van der Waals surface area (Å²) in [6.07, 6.45) is 6.58. The Morgan fingerprint density at radius 3 is 2.70 bits per heavy atom. The number of nitrogens with zero attached hydrogens (tertiary/aromatic N) is 3. The molecule has 6 heteroatoms. The molecule has 0 aromatic carbocycles. The summed E-state index contributed by atoms with van der Waals surface area (Å²) in [5, 5.41) is 4.04. The van der Waals surface area contributed by atoms with E-state index in [9.17, 15) is 0 Å². The lowest BCUT2D eigenvalue weighted by Crippen LogP contribution is -2.41. The maximum absolute atomic E-state index is 6.17. The van der Waals surface area contributed by atoms with Crippen molar-refractivity contribution in [3.05, 3.63) is 11.7 Å². The van der Waals surface area contributed by atoms with Crippen LogP contribution in [0.5, 0.6) is 0 Å². The van der Waals surface area contributed by atoms with Crippen molar-refractivity contribution in [2.75, 3.05) is 26.7 Å². The van der Waals surface area contributed by atoms with E-state index in [2.05, 4.69) is 15.0 Å². The van der Waals surface area contributed by atoms with Gasteiger partial charge in [0.1, 0.15) is 0 Å². The molecule has 3 rings (SSSR count). The molecule has 1 atom stereocenters. The molecule has 112 valence electrons.